The Balaban J connectivity index is 1.45. The number of esters is 1. The predicted octanol–water partition coefficient (Wildman–Crippen LogP) is 4.87. The smallest absolute Gasteiger partial charge is 0.379 e. The second-order valence-corrected chi connectivity index (χ2v) is 7.29. The second kappa shape index (κ2) is 8.38. The molecule has 150 valence electrons. The fourth-order valence-electron chi connectivity index (χ4n) is 2.77. The van der Waals surface area contributed by atoms with Crippen LogP contribution in [-0.2, 0) is 11.3 Å². The van der Waals surface area contributed by atoms with Crippen LogP contribution in [-0.4, -0.2) is 22.0 Å². The number of carbonyl (C=O) groups is 3. The van der Waals surface area contributed by atoms with Gasteiger partial charge in [-0.15, -0.1) is 0 Å². The molecule has 6 nitrogen and oxygen atoms in total. The summed E-state index contributed by atoms with van der Waals surface area (Å²) in [6, 6.07) is 15.5. The van der Waals surface area contributed by atoms with Gasteiger partial charge in [0.1, 0.15) is 11.6 Å². The van der Waals surface area contributed by atoms with E-state index in [-0.39, 0.29) is 22.8 Å². The molecule has 1 aliphatic heterocycles. The maximum absolute atomic E-state index is 13.8. The third-order valence-electron chi connectivity index (χ3n) is 4.27. The first-order chi connectivity index (χ1) is 14.5. The third-order valence-corrected chi connectivity index (χ3v) is 5.18. The number of hydrogen-bond donors (Lipinski definition) is 0. The molecule has 1 saturated heterocycles. The van der Waals surface area contributed by atoms with Gasteiger partial charge in [0.25, 0.3) is 11.1 Å². The van der Waals surface area contributed by atoms with Gasteiger partial charge in [-0.2, -0.15) is 0 Å². The molecule has 1 aliphatic rings. The van der Waals surface area contributed by atoms with Crippen LogP contribution in [0.15, 0.2) is 76.2 Å². The van der Waals surface area contributed by atoms with Gasteiger partial charge >= 0.3 is 5.97 Å². The van der Waals surface area contributed by atoms with Crippen LogP contribution in [0.1, 0.15) is 21.7 Å². The molecule has 0 radical (unpaired) electrons. The van der Waals surface area contributed by atoms with E-state index in [9.17, 15) is 18.8 Å². The largest absolute Gasteiger partial charge is 0.457 e. The molecule has 2 heterocycles. The lowest BCUT2D eigenvalue weighted by atomic mass is 10.2. The van der Waals surface area contributed by atoms with Crippen molar-refractivity contribution in [3.05, 3.63) is 94.5 Å². The fourth-order valence-corrected chi connectivity index (χ4v) is 3.61. The first-order valence-corrected chi connectivity index (χ1v) is 9.67. The lowest BCUT2D eigenvalue weighted by Gasteiger charge is -2.12. The van der Waals surface area contributed by atoms with E-state index >= 15 is 0 Å². The minimum atomic E-state index is -0.623. The molecular formula is C22H14FNO5S. The van der Waals surface area contributed by atoms with Crippen molar-refractivity contribution in [2.24, 2.45) is 0 Å². The van der Waals surface area contributed by atoms with Gasteiger partial charge in [-0.25, -0.2) is 9.18 Å². The molecule has 0 saturated carbocycles. The van der Waals surface area contributed by atoms with Crippen LogP contribution in [0.5, 0.6) is 5.75 Å². The van der Waals surface area contributed by atoms with E-state index in [1.165, 1.54) is 24.5 Å². The van der Waals surface area contributed by atoms with Crippen LogP contribution < -0.4 is 4.74 Å². The van der Waals surface area contributed by atoms with Gasteiger partial charge < -0.3 is 9.15 Å². The summed E-state index contributed by atoms with van der Waals surface area (Å²) in [5.41, 5.74) is 0.910. The van der Waals surface area contributed by atoms with Crippen molar-refractivity contribution < 1.29 is 27.9 Å². The Morgan fingerprint density at radius 1 is 1.07 bits per heavy atom. The van der Waals surface area contributed by atoms with Crippen LogP contribution in [0.2, 0.25) is 0 Å². The van der Waals surface area contributed by atoms with Gasteiger partial charge in [-0.1, -0.05) is 30.3 Å². The number of rotatable bonds is 5. The molecule has 1 aromatic heterocycles. The number of nitrogens with zero attached hydrogens (tertiary/aromatic N) is 1. The molecule has 0 N–H and O–H groups in total. The predicted molar refractivity (Wildman–Crippen MR) is 108 cm³/mol. The van der Waals surface area contributed by atoms with Crippen molar-refractivity contribution in [3.8, 4) is 5.75 Å². The van der Waals surface area contributed by atoms with E-state index in [2.05, 4.69) is 0 Å². The molecule has 2 amide bonds. The summed E-state index contributed by atoms with van der Waals surface area (Å²) in [4.78, 5) is 37.9. The van der Waals surface area contributed by atoms with Crippen molar-refractivity contribution in [2.75, 3.05) is 0 Å². The molecule has 4 rings (SSSR count). The highest BCUT2D eigenvalue weighted by Gasteiger charge is 2.35. The monoisotopic (exact) mass is 423 g/mol. The molecule has 0 bridgehead atoms. The molecule has 30 heavy (non-hydrogen) atoms. The SMILES string of the molecule is O=C(Oc1ccc(/C=C2\SC(=O)N(Cc3ccccc3F)C2=O)cc1)c1ccco1. The molecule has 0 unspecified atom stereocenters. The lowest BCUT2D eigenvalue weighted by molar-refractivity contribution is -0.123. The van der Waals surface area contributed by atoms with Gasteiger partial charge in [-0.05, 0) is 53.7 Å². The maximum Gasteiger partial charge on any atom is 0.379 e. The molecular weight excluding hydrogens is 409 g/mol. The number of hydrogen-bond acceptors (Lipinski definition) is 6. The Kier molecular flexibility index (Phi) is 5.49. The van der Waals surface area contributed by atoms with Gasteiger partial charge in [0.2, 0.25) is 5.76 Å². The Bertz CT molecular complexity index is 1140. The number of halogens is 1. The molecule has 2 aromatic carbocycles. The number of thioether (sulfide) groups is 1. The van der Waals surface area contributed by atoms with E-state index in [0.717, 1.165) is 16.7 Å². The Morgan fingerprint density at radius 2 is 1.83 bits per heavy atom. The number of imide groups is 1. The quantitative estimate of drug-likeness (QED) is 0.331. The minimum absolute atomic E-state index is 0.0857. The van der Waals surface area contributed by atoms with Crippen LogP contribution in [0.3, 0.4) is 0 Å². The van der Waals surface area contributed by atoms with Crippen LogP contribution in [0.25, 0.3) is 6.08 Å². The Hall–Kier alpha value is -3.65. The first-order valence-electron chi connectivity index (χ1n) is 8.86. The number of carbonyl (C=O) groups excluding carboxylic acids is 3. The van der Waals surface area contributed by atoms with Crippen molar-refractivity contribution in [3.63, 3.8) is 0 Å². The molecule has 3 aromatic rings. The van der Waals surface area contributed by atoms with E-state index in [1.54, 1.807) is 48.5 Å². The van der Waals surface area contributed by atoms with Crippen molar-refractivity contribution in [1.82, 2.24) is 4.90 Å². The number of furan rings is 1. The third kappa shape index (κ3) is 4.18. The van der Waals surface area contributed by atoms with Gasteiger partial charge in [0.05, 0.1) is 17.7 Å². The average Bonchev–Trinajstić information content (AvgIpc) is 3.36. The molecule has 8 heteroatoms. The summed E-state index contributed by atoms with van der Waals surface area (Å²) in [5, 5.41) is -0.460. The first kappa shape index (κ1) is 19.7. The van der Waals surface area contributed by atoms with Crippen LogP contribution in [0, 0.1) is 5.82 Å². The van der Waals surface area contributed by atoms with E-state index < -0.39 is 22.9 Å². The Labute approximate surface area is 174 Å². The second-order valence-electron chi connectivity index (χ2n) is 6.30. The summed E-state index contributed by atoms with van der Waals surface area (Å²) < 4.78 is 24.0. The molecule has 0 aliphatic carbocycles. The highest BCUT2D eigenvalue weighted by molar-refractivity contribution is 8.18. The van der Waals surface area contributed by atoms with Crippen molar-refractivity contribution >= 4 is 35.0 Å². The minimum Gasteiger partial charge on any atom is -0.457 e. The maximum atomic E-state index is 13.8. The van der Waals surface area contributed by atoms with Gasteiger partial charge in [0.15, 0.2) is 0 Å². The lowest BCUT2D eigenvalue weighted by Crippen LogP contribution is -2.27. The summed E-state index contributed by atoms with van der Waals surface area (Å²) >= 11 is 0.793. The summed E-state index contributed by atoms with van der Waals surface area (Å²) in [6.45, 7) is -0.129. The summed E-state index contributed by atoms with van der Waals surface area (Å²) in [7, 11) is 0. The molecule has 0 spiro atoms. The number of amides is 2. The van der Waals surface area contributed by atoms with E-state index in [0.29, 0.717) is 11.3 Å². The summed E-state index contributed by atoms with van der Waals surface area (Å²) in [5.74, 6) is -1.19. The van der Waals surface area contributed by atoms with E-state index in [1.807, 2.05) is 0 Å². The number of ether oxygens (including phenoxy) is 1. The highest BCUT2D eigenvalue weighted by atomic mass is 32.2. The van der Waals surface area contributed by atoms with Crippen molar-refractivity contribution in [1.29, 1.82) is 0 Å². The molecule has 0 atom stereocenters. The molecule has 1 fully saturated rings. The Morgan fingerprint density at radius 3 is 2.53 bits per heavy atom. The van der Waals surface area contributed by atoms with Crippen LogP contribution >= 0.6 is 11.8 Å². The summed E-state index contributed by atoms with van der Waals surface area (Å²) in [6.07, 6.45) is 2.93. The average molecular weight is 423 g/mol. The zero-order chi connectivity index (χ0) is 21.1. The normalized spacial score (nSPS) is 15.1. The van der Waals surface area contributed by atoms with Gasteiger partial charge in [-0.3, -0.25) is 14.5 Å². The highest BCUT2D eigenvalue weighted by Crippen LogP contribution is 2.33. The standard InChI is InChI=1S/C22H14FNO5S/c23-17-5-2-1-4-15(17)13-24-20(25)19(30-22(24)27)12-14-7-9-16(10-8-14)29-21(26)18-6-3-11-28-18/h1-12H,13H2/b19-12-. The zero-order valence-corrected chi connectivity index (χ0v) is 16.2. The van der Waals surface area contributed by atoms with Crippen molar-refractivity contribution in [2.45, 2.75) is 6.54 Å². The van der Waals surface area contributed by atoms with Gasteiger partial charge in [0, 0.05) is 5.56 Å². The zero-order valence-electron chi connectivity index (χ0n) is 15.4. The van der Waals surface area contributed by atoms with E-state index in [4.69, 9.17) is 9.15 Å². The topological polar surface area (TPSA) is 76.8 Å². The van der Waals surface area contributed by atoms with Crippen LogP contribution in [0.4, 0.5) is 9.18 Å². The number of benzene rings is 2. The fraction of sp³-hybridized carbons (Fsp3) is 0.0455.